The van der Waals surface area contributed by atoms with Crippen molar-refractivity contribution in [3.8, 4) is 0 Å². The molecule has 7 nitrogen and oxygen atoms in total. The van der Waals surface area contributed by atoms with Crippen LogP contribution in [0.15, 0.2) is 0 Å². The summed E-state index contributed by atoms with van der Waals surface area (Å²) in [5.41, 5.74) is 5.52. The number of hydrogen-bond acceptors (Lipinski definition) is 7. The lowest BCUT2D eigenvalue weighted by Gasteiger charge is -2.16. The van der Waals surface area contributed by atoms with Gasteiger partial charge >= 0.3 is 20.6 Å². The minimum Gasteiger partial charge on any atom is -0.462 e. The van der Waals surface area contributed by atoms with Crippen molar-refractivity contribution in [3.63, 3.8) is 0 Å². The Morgan fingerprint density at radius 3 is 1.37 bits per heavy atom. The summed E-state index contributed by atoms with van der Waals surface area (Å²) in [6, 6.07) is 0. The van der Waals surface area contributed by atoms with Gasteiger partial charge in [0.05, 0.1) is 0 Å². The van der Waals surface area contributed by atoms with Gasteiger partial charge in [-0.2, -0.15) is 0 Å². The highest BCUT2D eigenvalue weighted by molar-refractivity contribution is 7.17. The molecule has 0 aromatic carbocycles. The first-order valence-electron chi connectivity index (χ1n) is 17.1. The molecule has 0 aromatic heterocycles. The third-order valence-corrected chi connectivity index (χ3v) is 7.87. The maximum absolute atomic E-state index is 12.2. The van der Waals surface area contributed by atoms with Crippen molar-refractivity contribution in [3.05, 3.63) is 0 Å². The van der Waals surface area contributed by atoms with Crippen LogP contribution in [0.4, 0.5) is 0 Å². The van der Waals surface area contributed by atoms with E-state index in [1.54, 1.807) is 0 Å². The maximum Gasteiger partial charge on any atom is 0.327 e. The Bertz CT molecular complexity index is 592. The standard InChI is InChI=1S/C33H64NO6P/c1-2-3-4-5-6-7-8-11-15-18-21-24-27-33(36)40-31(30-39-41-37)29-38-32(35)26-23-20-17-14-12-9-10-13-16-19-22-25-28-34/h31H,2-30,34H2,1H3/t31-/m1/s1. The Hall–Kier alpha value is -1.04. The summed E-state index contributed by atoms with van der Waals surface area (Å²) in [5, 5.41) is 0. The molecule has 0 aliphatic carbocycles. The molecule has 0 bridgehead atoms. The van der Waals surface area contributed by atoms with Crippen molar-refractivity contribution in [2.45, 2.75) is 180 Å². The lowest BCUT2D eigenvalue weighted by atomic mass is 10.0. The lowest BCUT2D eigenvalue weighted by molar-refractivity contribution is -0.160. The van der Waals surface area contributed by atoms with Crippen LogP contribution in [-0.4, -0.2) is 37.8 Å². The lowest BCUT2D eigenvalue weighted by Crippen LogP contribution is -2.28. The van der Waals surface area contributed by atoms with Crippen LogP contribution >= 0.6 is 8.69 Å². The van der Waals surface area contributed by atoms with Gasteiger partial charge in [-0.15, -0.1) is 0 Å². The van der Waals surface area contributed by atoms with Crippen LogP contribution in [0.3, 0.4) is 0 Å². The van der Waals surface area contributed by atoms with Gasteiger partial charge in [0.15, 0.2) is 6.10 Å². The quantitative estimate of drug-likeness (QED) is 0.0453. The highest BCUT2D eigenvalue weighted by Gasteiger charge is 2.17. The van der Waals surface area contributed by atoms with Crippen molar-refractivity contribution in [2.24, 2.45) is 5.73 Å². The molecule has 0 rings (SSSR count). The Morgan fingerprint density at radius 2 is 0.951 bits per heavy atom. The van der Waals surface area contributed by atoms with Gasteiger partial charge in [0, 0.05) is 12.8 Å². The topological polar surface area (TPSA) is 105 Å². The number of nitrogens with two attached hydrogens (primary N) is 1. The number of hydrogen-bond donors (Lipinski definition) is 1. The van der Waals surface area contributed by atoms with E-state index >= 15 is 0 Å². The summed E-state index contributed by atoms with van der Waals surface area (Å²) < 4.78 is 26.3. The predicted octanol–water partition coefficient (Wildman–Crippen LogP) is 9.79. The van der Waals surface area contributed by atoms with E-state index in [0.29, 0.717) is 12.8 Å². The number of carbonyl (C=O) groups is 2. The monoisotopic (exact) mass is 601 g/mol. The van der Waals surface area contributed by atoms with Crippen LogP contribution in [0.1, 0.15) is 174 Å². The van der Waals surface area contributed by atoms with Gasteiger partial charge in [-0.3, -0.25) is 14.1 Å². The van der Waals surface area contributed by atoms with Crippen molar-refractivity contribution in [2.75, 3.05) is 19.8 Å². The molecule has 41 heavy (non-hydrogen) atoms. The van der Waals surface area contributed by atoms with Crippen LogP contribution in [-0.2, 0) is 28.2 Å². The predicted molar refractivity (Wildman–Crippen MR) is 169 cm³/mol. The van der Waals surface area contributed by atoms with Crippen molar-refractivity contribution in [1.82, 2.24) is 0 Å². The van der Waals surface area contributed by atoms with Gasteiger partial charge in [0.1, 0.15) is 13.2 Å². The molecule has 0 saturated heterocycles. The summed E-state index contributed by atoms with van der Waals surface area (Å²) in [5.74, 6) is -0.614. The molecule has 0 aromatic rings. The molecular weight excluding hydrogens is 537 g/mol. The second kappa shape index (κ2) is 33.5. The van der Waals surface area contributed by atoms with E-state index in [1.165, 1.54) is 109 Å². The van der Waals surface area contributed by atoms with Crippen LogP contribution in [0.5, 0.6) is 0 Å². The molecule has 0 amide bonds. The van der Waals surface area contributed by atoms with E-state index in [0.717, 1.165) is 51.5 Å². The average Bonchev–Trinajstić information content (AvgIpc) is 2.97. The zero-order chi connectivity index (χ0) is 30.1. The van der Waals surface area contributed by atoms with Gasteiger partial charge in [-0.05, 0) is 25.8 Å². The minimum atomic E-state index is -0.731. The van der Waals surface area contributed by atoms with E-state index in [4.69, 9.17) is 19.7 Å². The summed E-state index contributed by atoms with van der Waals surface area (Å²) in [4.78, 5) is 24.4. The fraction of sp³-hybridized carbons (Fsp3) is 0.939. The SMILES string of the molecule is CCCCCCCCCCCCCCC(=O)O[C@@H](COP=O)COC(=O)CCCCCCCCCCCCCCN. The van der Waals surface area contributed by atoms with Crippen LogP contribution < -0.4 is 5.73 Å². The van der Waals surface area contributed by atoms with Crippen molar-refractivity contribution < 1.29 is 28.2 Å². The third-order valence-electron chi connectivity index (χ3n) is 7.61. The third kappa shape index (κ3) is 31.7. The van der Waals surface area contributed by atoms with Gasteiger partial charge in [-0.1, -0.05) is 142 Å². The van der Waals surface area contributed by atoms with Crippen molar-refractivity contribution in [1.29, 1.82) is 0 Å². The first-order chi connectivity index (χ1) is 20.1. The molecular formula is C33H64NO6P. The molecule has 0 saturated carbocycles. The summed E-state index contributed by atoms with van der Waals surface area (Å²) in [7, 11) is -0.484. The largest absolute Gasteiger partial charge is 0.462 e. The average molecular weight is 602 g/mol. The summed E-state index contributed by atoms with van der Waals surface area (Å²) in [6.45, 7) is 2.93. The molecule has 0 spiro atoms. The Kier molecular flexibility index (Phi) is 32.6. The maximum atomic E-state index is 12.2. The molecule has 242 valence electrons. The van der Waals surface area contributed by atoms with Gasteiger partial charge in [0.2, 0.25) is 0 Å². The summed E-state index contributed by atoms with van der Waals surface area (Å²) >= 11 is 0. The minimum absolute atomic E-state index is 0.0593. The van der Waals surface area contributed by atoms with E-state index in [1.807, 2.05) is 0 Å². The highest BCUT2D eigenvalue weighted by Crippen LogP contribution is 2.15. The second-order valence-corrected chi connectivity index (χ2v) is 12.0. The fourth-order valence-electron chi connectivity index (χ4n) is 5.02. The molecule has 0 aliphatic rings. The number of unbranched alkanes of at least 4 members (excludes halogenated alkanes) is 22. The number of carbonyl (C=O) groups excluding carboxylic acids is 2. The van der Waals surface area contributed by atoms with Crippen LogP contribution in [0.25, 0.3) is 0 Å². The molecule has 0 unspecified atom stereocenters. The molecule has 1 atom stereocenters. The summed E-state index contributed by atoms with van der Waals surface area (Å²) in [6.07, 6.45) is 29.2. The first kappa shape index (κ1) is 40.0. The second-order valence-electron chi connectivity index (χ2n) is 11.6. The van der Waals surface area contributed by atoms with Crippen LogP contribution in [0, 0.1) is 0 Å². The zero-order valence-corrected chi connectivity index (χ0v) is 27.5. The van der Waals surface area contributed by atoms with E-state index in [9.17, 15) is 14.2 Å². The van der Waals surface area contributed by atoms with E-state index in [2.05, 4.69) is 6.92 Å². The smallest absolute Gasteiger partial charge is 0.327 e. The normalized spacial score (nSPS) is 12.0. The molecule has 0 aliphatic heterocycles. The molecule has 2 N–H and O–H groups in total. The number of ether oxygens (including phenoxy) is 2. The van der Waals surface area contributed by atoms with Crippen molar-refractivity contribution >= 4 is 20.6 Å². The molecule has 0 fully saturated rings. The zero-order valence-electron chi connectivity index (χ0n) is 26.6. The Morgan fingerprint density at radius 1 is 0.561 bits per heavy atom. The molecule has 0 radical (unpaired) electrons. The number of rotatable bonds is 33. The van der Waals surface area contributed by atoms with E-state index in [-0.39, 0.29) is 25.2 Å². The highest BCUT2D eigenvalue weighted by atomic mass is 31.1. The Labute approximate surface area is 254 Å². The molecule has 0 heterocycles. The van der Waals surface area contributed by atoms with E-state index < -0.39 is 14.8 Å². The van der Waals surface area contributed by atoms with Gasteiger partial charge in [0.25, 0.3) is 0 Å². The van der Waals surface area contributed by atoms with Gasteiger partial charge in [-0.25, -0.2) is 4.57 Å². The Balaban J connectivity index is 3.75. The van der Waals surface area contributed by atoms with Crippen LogP contribution in [0.2, 0.25) is 0 Å². The first-order valence-corrected chi connectivity index (χ1v) is 17.9. The number of esters is 2. The molecule has 8 heteroatoms. The van der Waals surface area contributed by atoms with Gasteiger partial charge < -0.3 is 15.2 Å². The fourth-order valence-corrected chi connectivity index (χ4v) is 5.25.